The lowest BCUT2D eigenvalue weighted by Crippen LogP contribution is -2.29. The smallest absolute Gasteiger partial charge is 0.299 e. The molecule has 0 saturated carbocycles. The highest BCUT2D eigenvalue weighted by Gasteiger charge is 2.20. The molecular weight excluding hydrogens is 430 g/mol. The van der Waals surface area contributed by atoms with Crippen molar-refractivity contribution in [1.82, 2.24) is 15.0 Å². The summed E-state index contributed by atoms with van der Waals surface area (Å²) in [6.07, 6.45) is 2.40. The van der Waals surface area contributed by atoms with Crippen LogP contribution in [0.3, 0.4) is 0 Å². The number of nitrogens with zero attached hydrogens (tertiary/aromatic N) is 2. The molecule has 0 amide bonds. The SMILES string of the molecule is CCCOc1nc2ccc(Br)cc2c(=O)n1CC1C=C(Br)NO1. The van der Waals surface area contributed by atoms with Gasteiger partial charge in [-0.25, -0.2) is 0 Å². The van der Waals surface area contributed by atoms with Crippen LogP contribution in [0.1, 0.15) is 13.3 Å². The Morgan fingerprint density at radius 1 is 1.43 bits per heavy atom. The molecule has 3 rings (SSSR count). The summed E-state index contributed by atoms with van der Waals surface area (Å²) in [5.74, 6) is 0. The zero-order chi connectivity index (χ0) is 16.4. The molecule has 2 aromatic rings. The predicted octanol–water partition coefficient (Wildman–Crippen LogP) is 3.09. The van der Waals surface area contributed by atoms with Crippen LogP contribution in [0.5, 0.6) is 6.01 Å². The van der Waals surface area contributed by atoms with Crippen molar-refractivity contribution in [3.8, 4) is 6.01 Å². The Morgan fingerprint density at radius 3 is 2.96 bits per heavy atom. The Kier molecular flexibility index (Phi) is 5.03. The van der Waals surface area contributed by atoms with Gasteiger partial charge < -0.3 is 4.74 Å². The van der Waals surface area contributed by atoms with Gasteiger partial charge in [-0.3, -0.25) is 19.7 Å². The monoisotopic (exact) mass is 443 g/mol. The molecule has 0 saturated heterocycles. The number of halogens is 2. The average Bonchev–Trinajstić information content (AvgIpc) is 2.94. The van der Waals surface area contributed by atoms with Crippen molar-refractivity contribution in [3.05, 3.63) is 43.7 Å². The van der Waals surface area contributed by atoms with Gasteiger partial charge in [0, 0.05) is 4.47 Å². The molecule has 6 nitrogen and oxygen atoms in total. The van der Waals surface area contributed by atoms with Crippen LogP contribution in [0.15, 0.2) is 38.1 Å². The molecule has 122 valence electrons. The molecule has 0 spiro atoms. The standard InChI is InChI=1S/C15H15Br2N3O3/c1-2-5-22-15-18-12-4-3-9(16)6-11(12)14(21)20(15)8-10-7-13(17)19-23-10/h3-4,6-7,10,19H,2,5,8H2,1H3. The molecule has 23 heavy (non-hydrogen) atoms. The van der Waals surface area contributed by atoms with E-state index in [0.717, 1.165) is 15.5 Å². The van der Waals surface area contributed by atoms with Gasteiger partial charge >= 0.3 is 0 Å². The summed E-state index contributed by atoms with van der Waals surface area (Å²) in [7, 11) is 0. The van der Waals surface area contributed by atoms with Crippen molar-refractivity contribution in [2.24, 2.45) is 0 Å². The van der Waals surface area contributed by atoms with Crippen LogP contribution in [0.2, 0.25) is 0 Å². The van der Waals surface area contributed by atoms with Crippen molar-refractivity contribution in [2.75, 3.05) is 6.61 Å². The Labute approximate surface area is 149 Å². The van der Waals surface area contributed by atoms with E-state index < -0.39 is 0 Å². The molecule has 0 aliphatic carbocycles. The van der Waals surface area contributed by atoms with E-state index in [-0.39, 0.29) is 11.7 Å². The highest BCUT2D eigenvalue weighted by atomic mass is 79.9. The van der Waals surface area contributed by atoms with Gasteiger partial charge in [0.1, 0.15) is 10.7 Å². The lowest BCUT2D eigenvalue weighted by atomic mass is 10.2. The Bertz CT molecular complexity index is 819. The fourth-order valence-electron chi connectivity index (χ4n) is 2.27. The van der Waals surface area contributed by atoms with Gasteiger partial charge in [0.2, 0.25) is 0 Å². The van der Waals surface area contributed by atoms with E-state index in [9.17, 15) is 4.79 Å². The molecule has 0 fully saturated rings. The maximum absolute atomic E-state index is 12.8. The maximum atomic E-state index is 12.8. The summed E-state index contributed by atoms with van der Waals surface area (Å²) in [6.45, 7) is 2.82. The molecule has 1 unspecified atom stereocenters. The van der Waals surface area contributed by atoms with Crippen molar-refractivity contribution >= 4 is 42.8 Å². The first-order chi connectivity index (χ1) is 11.1. The minimum absolute atomic E-state index is 0.151. The predicted molar refractivity (Wildman–Crippen MR) is 94.5 cm³/mol. The van der Waals surface area contributed by atoms with E-state index in [1.54, 1.807) is 12.1 Å². The third kappa shape index (κ3) is 3.59. The highest BCUT2D eigenvalue weighted by Crippen LogP contribution is 2.20. The van der Waals surface area contributed by atoms with Gasteiger partial charge in [0.15, 0.2) is 0 Å². The quantitative estimate of drug-likeness (QED) is 0.718. The van der Waals surface area contributed by atoms with Gasteiger partial charge in [-0.2, -0.15) is 4.98 Å². The second-order valence-electron chi connectivity index (χ2n) is 5.09. The average molecular weight is 445 g/mol. The second-order valence-corrected chi connectivity index (χ2v) is 6.86. The molecule has 1 aromatic heterocycles. The first-order valence-electron chi connectivity index (χ1n) is 7.20. The first-order valence-corrected chi connectivity index (χ1v) is 8.79. The van der Waals surface area contributed by atoms with Crippen LogP contribution in [0, 0.1) is 0 Å². The Balaban J connectivity index is 2.07. The fraction of sp³-hybridized carbons (Fsp3) is 0.333. The van der Waals surface area contributed by atoms with Gasteiger partial charge in [-0.1, -0.05) is 22.9 Å². The van der Waals surface area contributed by atoms with Crippen LogP contribution >= 0.6 is 31.9 Å². The molecule has 1 atom stereocenters. The third-order valence-electron chi connectivity index (χ3n) is 3.32. The van der Waals surface area contributed by atoms with Crippen LogP contribution in [-0.4, -0.2) is 22.3 Å². The van der Waals surface area contributed by atoms with E-state index in [1.165, 1.54) is 4.57 Å². The summed E-state index contributed by atoms with van der Waals surface area (Å²) in [5, 5.41) is 0.539. The highest BCUT2D eigenvalue weighted by molar-refractivity contribution is 9.11. The summed E-state index contributed by atoms with van der Waals surface area (Å²) < 4.78 is 8.76. The number of nitrogens with one attached hydrogen (secondary N) is 1. The Morgan fingerprint density at radius 2 is 2.26 bits per heavy atom. The largest absolute Gasteiger partial charge is 0.465 e. The van der Waals surface area contributed by atoms with E-state index in [2.05, 4.69) is 42.3 Å². The topological polar surface area (TPSA) is 65.4 Å². The number of ether oxygens (including phenoxy) is 1. The summed E-state index contributed by atoms with van der Waals surface area (Å²) in [6, 6.07) is 5.73. The van der Waals surface area contributed by atoms with Crippen LogP contribution in [0.4, 0.5) is 0 Å². The van der Waals surface area contributed by atoms with Crippen LogP contribution < -0.4 is 15.8 Å². The molecule has 1 aliphatic rings. The molecular formula is C15H15Br2N3O3. The molecule has 0 bridgehead atoms. The zero-order valence-corrected chi connectivity index (χ0v) is 15.6. The van der Waals surface area contributed by atoms with Crippen molar-refractivity contribution in [2.45, 2.75) is 26.0 Å². The van der Waals surface area contributed by atoms with Crippen LogP contribution in [0.25, 0.3) is 10.9 Å². The van der Waals surface area contributed by atoms with Gasteiger partial charge in [0.05, 0.1) is 24.1 Å². The van der Waals surface area contributed by atoms with Gasteiger partial charge in [0.25, 0.3) is 11.6 Å². The lowest BCUT2D eigenvalue weighted by molar-refractivity contribution is 0.0345. The maximum Gasteiger partial charge on any atom is 0.299 e. The van der Waals surface area contributed by atoms with Crippen molar-refractivity contribution in [3.63, 3.8) is 0 Å². The van der Waals surface area contributed by atoms with E-state index >= 15 is 0 Å². The van der Waals surface area contributed by atoms with E-state index in [4.69, 9.17) is 9.57 Å². The minimum atomic E-state index is -0.280. The fourth-order valence-corrected chi connectivity index (χ4v) is 3.02. The first kappa shape index (κ1) is 16.5. The molecule has 1 aromatic carbocycles. The minimum Gasteiger partial charge on any atom is -0.465 e. The zero-order valence-electron chi connectivity index (χ0n) is 12.4. The molecule has 1 N–H and O–H groups in total. The third-order valence-corrected chi connectivity index (χ3v) is 4.24. The number of benzene rings is 1. The van der Waals surface area contributed by atoms with Crippen LogP contribution in [-0.2, 0) is 11.4 Å². The normalized spacial score (nSPS) is 17.2. The number of hydroxylamine groups is 1. The summed E-state index contributed by atoms with van der Waals surface area (Å²) in [4.78, 5) is 22.7. The summed E-state index contributed by atoms with van der Waals surface area (Å²) >= 11 is 6.69. The number of rotatable bonds is 5. The molecule has 8 heteroatoms. The van der Waals surface area contributed by atoms with Gasteiger partial charge in [-0.15, -0.1) is 0 Å². The second kappa shape index (κ2) is 7.02. The molecule has 0 radical (unpaired) electrons. The number of hydrogen-bond acceptors (Lipinski definition) is 5. The number of hydrogen-bond donors (Lipinski definition) is 1. The van der Waals surface area contributed by atoms with Crippen molar-refractivity contribution < 1.29 is 9.57 Å². The van der Waals surface area contributed by atoms with E-state index in [0.29, 0.717) is 30.1 Å². The molecule has 2 heterocycles. The Hall–Kier alpha value is -1.38. The number of aromatic nitrogens is 2. The lowest BCUT2D eigenvalue weighted by Gasteiger charge is -2.15. The van der Waals surface area contributed by atoms with Gasteiger partial charge in [-0.05, 0) is 46.6 Å². The molecule has 1 aliphatic heterocycles. The summed E-state index contributed by atoms with van der Waals surface area (Å²) in [5.41, 5.74) is 3.17. The van der Waals surface area contributed by atoms with E-state index in [1.807, 2.05) is 19.1 Å². The number of fused-ring (bicyclic) bond motifs is 1. The van der Waals surface area contributed by atoms with Crippen molar-refractivity contribution in [1.29, 1.82) is 0 Å².